The zero-order valence-corrected chi connectivity index (χ0v) is 26.9. The van der Waals surface area contributed by atoms with Crippen molar-refractivity contribution < 1.29 is 18.0 Å². The van der Waals surface area contributed by atoms with Crippen molar-refractivity contribution in [2.75, 3.05) is 29.9 Å². The number of rotatable bonds is 12. The van der Waals surface area contributed by atoms with Gasteiger partial charge in [0, 0.05) is 23.7 Å². The first-order valence-corrected chi connectivity index (χ1v) is 17.8. The second-order valence-corrected chi connectivity index (χ2v) is 15.0. The molecule has 1 aliphatic heterocycles. The molecule has 0 radical (unpaired) electrons. The Labute approximate surface area is 266 Å². The minimum Gasteiger partial charge on any atom is -0.345 e. The number of hydrogen-bond donors (Lipinski definition) is 2. The van der Waals surface area contributed by atoms with Crippen LogP contribution in [-0.2, 0) is 21.4 Å². The fourth-order valence-electron chi connectivity index (χ4n) is 4.23. The Hall–Kier alpha value is -3.02. The van der Waals surface area contributed by atoms with Crippen molar-refractivity contribution in [3.05, 3.63) is 64.9 Å². The summed E-state index contributed by atoms with van der Waals surface area (Å²) in [4.78, 5) is 25.7. The van der Waals surface area contributed by atoms with Gasteiger partial charge >= 0.3 is 0 Å². The number of anilines is 1. The van der Waals surface area contributed by atoms with Gasteiger partial charge in [0.2, 0.25) is 21.1 Å². The largest absolute Gasteiger partial charge is 0.345 e. The maximum Gasteiger partial charge on any atom is 0.251 e. The Bertz CT molecular complexity index is 1710. The lowest BCUT2D eigenvalue weighted by Crippen LogP contribution is -2.28. The zero-order chi connectivity index (χ0) is 30.4. The van der Waals surface area contributed by atoms with Crippen LogP contribution in [0, 0.1) is 0 Å². The molecule has 0 unspecified atom stereocenters. The fourth-order valence-corrected chi connectivity index (χ4v) is 8.37. The summed E-state index contributed by atoms with van der Waals surface area (Å²) in [5.41, 5.74) is 0.962. The van der Waals surface area contributed by atoms with Crippen LogP contribution in [0.3, 0.4) is 0 Å². The van der Waals surface area contributed by atoms with E-state index < -0.39 is 15.9 Å². The number of aromatic nitrogens is 5. The maximum absolute atomic E-state index is 13.0. The molecule has 2 aromatic carbocycles. The highest BCUT2D eigenvalue weighted by atomic mass is 35.5. The number of hydrogen-bond acceptors (Lipinski definition) is 11. The normalized spacial score (nSPS) is 13.7. The lowest BCUT2D eigenvalue weighted by Gasteiger charge is -2.15. The molecule has 3 heterocycles. The molecular formula is C26H27ClN8O4S4. The predicted molar refractivity (Wildman–Crippen MR) is 168 cm³/mol. The molecule has 4 aromatic rings. The summed E-state index contributed by atoms with van der Waals surface area (Å²) in [5.74, 6) is 0.623. The van der Waals surface area contributed by atoms with E-state index >= 15 is 0 Å². The van der Waals surface area contributed by atoms with Gasteiger partial charge in [0.15, 0.2) is 15.3 Å². The number of halogens is 1. The molecule has 226 valence electrons. The highest BCUT2D eigenvalue weighted by molar-refractivity contribution is 8.01. The maximum atomic E-state index is 13.0. The summed E-state index contributed by atoms with van der Waals surface area (Å²) < 4.78 is 29.6. The van der Waals surface area contributed by atoms with Crippen molar-refractivity contribution >= 4 is 73.4 Å². The molecule has 0 saturated carbocycles. The second kappa shape index (κ2) is 14.2. The van der Waals surface area contributed by atoms with Gasteiger partial charge in [-0.15, -0.1) is 20.4 Å². The molecule has 2 amide bonds. The van der Waals surface area contributed by atoms with Crippen LogP contribution in [0.2, 0.25) is 5.02 Å². The average molecular weight is 679 g/mol. The van der Waals surface area contributed by atoms with Crippen LogP contribution in [0.1, 0.15) is 35.9 Å². The van der Waals surface area contributed by atoms with Crippen LogP contribution < -0.4 is 10.6 Å². The van der Waals surface area contributed by atoms with Crippen molar-refractivity contribution in [1.29, 1.82) is 0 Å². The average Bonchev–Trinajstić information content (AvgIpc) is 3.77. The molecule has 0 aliphatic carbocycles. The number of nitrogens with one attached hydrogen (secondary N) is 2. The molecule has 0 bridgehead atoms. The van der Waals surface area contributed by atoms with E-state index in [9.17, 15) is 18.0 Å². The Morgan fingerprint density at radius 3 is 2.51 bits per heavy atom. The lowest BCUT2D eigenvalue weighted by molar-refractivity contribution is -0.113. The van der Waals surface area contributed by atoms with Gasteiger partial charge in [-0.05, 0) is 61.1 Å². The van der Waals surface area contributed by atoms with Crippen LogP contribution in [0.4, 0.5) is 5.13 Å². The standard InChI is InChI=1S/C26H27ClN8O4S4/c1-2-40-26-33-31-24(42-26)29-22(36)16-41-25-32-30-21(35(25)19-7-5-6-18(27)14-19)15-28-23(37)17-8-10-20(11-9-17)43(38,39)34-12-3-4-13-34/h5-11,14H,2-4,12-13,15-16H2,1H3,(H,28,37)(H,29,31,36). The van der Waals surface area contributed by atoms with E-state index in [0.717, 1.165) is 22.9 Å². The molecule has 2 N–H and O–H groups in total. The Morgan fingerprint density at radius 1 is 1.02 bits per heavy atom. The molecule has 2 aromatic heterocycles. The Balaban J connectivity index is 1.26. The molecule has 0 atom stereocenters. The molecule has 17 heteroatoms. The first-order valence-electron chi connectivity index (χ1n) is 13.2. The minimum atomic E-state index is -3.57. The van der Waals surface area contributed by atoms with Crippen molar-refractivity contribution in [2.24, 2.45) is 0 Å². The molecule has 1 aliphatic rings. The number of thioether (sulfide) groups is 2. The summed E-state index contributed by atoms with van der Waals surface area (Å²) in [6, 6.07) is 12.9. The van der Waals surface area contributed by atoms with E-state index in [1.165, 1.54) is 51.7 Å². The number of sulfonamides is 1. The van der Waals surface area contributed by atoms with Gasteiger partial charge in [-0.25, -0.2) is 8.42 Å². The number of carbonyl (C=O) groups excluding carboxylic acids is 2. The summed E-state index contributed by atoms with van der Waals surface area (Å²) in [6.45, 7) is 3.04. The summed E-state index contributed by atoms with van der Waals surface area (Å²) in [7, 11) is -3.57. The predicted octanol–water partition coefficient (Wildman–Crippen LogP) is 4.33. The Morgan fingerprint density at radius 2 is 1.79 bits per heavy atom. The van der Waals surface area contributed by atoms with Gasteiger partial charge in [0.05, 0.1) is 22.9 Å². The van der Waals surface area contributed by atoms with E-state index in [0.29, 0.717) is 45.5 Å². The smallest absolute Gasteiger partial charge is 0.251 e. The van der Waals surface area contributed by atoms with E-state index in [4.69, 9.17) is 11.6 Å². The molecular weight excluding hydrogens is 652 g/mol. The summed E-state index contributed by atoms with van der Waals surface area (Å²) in [5, 5.41) is 23.5. The van der Waals surface area contributed by atoms with Crippen LogP contribution in [0.15, 0.2) is 62.9 Å². The monoisotopic (exact) mass is 678 g/mol. The van der Waals surface area contributed by atoms with Crippen LogP contribution in [0.25, 0.3) is 5.69 Å². The van der Waals surface area contributed by atoms with Crippen LogP contribution in [-0.4, -0.2) is 74.1 Å². The third-order valence-electron chi connectivity index (χ3n) is 6.25. The number of amides is 2. The van der Waals surface area contributed by atoms with Gasteiger partial charge in [0.1, 0.15) is 0 Å². The SMILES string of the molecule is CCSc1nnc(NC(=O)CSc2nnc(CNC(=O)c3ccc(S(=O)(=O)N4CCCC4)cc3)n2-c2cccc(Cl)c2)s1. The molecule has 12 nitrogen and oxygen atoms in total. The number of carbonyl (C=O) groups is 2. The molecule has 1 saturated heterocycles. The summed E-state index contributed by atoms with van der Waals surface area (Å²) in [6.07, 6.45) is 1.69. The first kappa shape index (κ1) is 31.4. The number of nitrogens with zero attached hydrogens (tertiary/aromatic N) is 6. The van der Waals surface area contributed by atoms with Crippen molar-refractivity contribution in [3.8, 4) is 5.69 Å². The van der Waals surface area contributed by atoms with Gasteiger partial charge in [0.25, 0.3) is 5.91 Å². The van der Waals surface area contributed by atoms with Crippen LogP contribution >= 0.6 is 46.5 Å². The molecule has 5 rings (SSSR count). The van der Waals surface area contributed by atoms with Gasteiger partial charge in [-0.1, -0.05) is 59.5 Å². The van der Waals surface area contributed by atoms with Gasteiger partial charge < -0.3 is 5.32 Å². The highest BCUT2D eigenvalue weighted by Crippen LogP contribution is 2.27. The second-order valence-electron chi connectivity index (χ2n) is 9.18. The van der Waals surface area contributed by atoms with Crippen molar-refractivity contribution in [3.63, 3.8) is 0 Å². The molecule has 0 spiro atoms. The van der Waals surface area contributed by atoms with E-state index in [-0.39, 0.29) is 23.1 Å². The third-order valence-corrected chi connectivity index (χ3v) is 11.2. The van der Waals surface area contributed by atoms with Crippen molar-refractivity contribution in [1.82, 2.24) is 34.6 Å². The molecule has 1 fully saturated rings. The lowest BCUT2D eigenvalue weighted by atomic mass is 10.2. The van der Waals surface area contributed by atoms with E-state index in [1.807, 2.05) is 13.0 Å². The van der Waals surface area contributed by atoms with Gasteiger partial charge in [-0.2, -0.15) is 4.31 Å². The third kappa shape index (κ3) is 7.74. The van der Waals surface area contributed by atoms with Crippen molar-refractivity contribution in [2.45, 2.75) is 40.7 Å². The highest BCUT2D eigenvalue weighted by Gasteiger charge is 2.27. The van der Waals surface area contributed by atoms with E-state index in [2.05, 4.69) is 31.0 Å². The minimum absolute atomic E-state index is 0.0155. The van der Waals surface area contributed by atoms with E-state index in [1.54, 1.807) is 34.5 Å². The number of benzene rings is 2. The topological polar surface area (TPSA) is 152 Å². The fraction of sp³-hybridized carbons (Fsp3) is 0.308. The zero-order valence-electron chi connectivity index (χ0n) is 22.9. The Kier molecular flexibility index (Phi) is 10.4. The first-order chi connectivity index (χ1) is 20.7. The quantitative estimate of drug-likeness (QED) is 0.164. The summed E-state index contributed by atoms with van der Waals surface area (Å²) >= 11 is 10.3. The molecule has 43 heavy (non-hydrogen) atoms. The van der Waals surface area contributed by atoms with Gasteiger partial charge in [-0.3, -0.25) is 19.5 Å². The van der Waals surface area contributed by atoms with Crippen LogP contribution in [0.5, 0.6) is 0 Å².